The van der Waals surface area contributed by atoms with Gasteiger partial charge in [0, 0.05) is 10.0 Å². The van der Waals surface area contributed by atoms with Crippen LogP contribution in [-0.4, -0.2) is 33.2 Å². The van der Waals surface area contributed by atoms with Crippen molar-refractivity contribution in [1.82, 2.24) is 15.0 Å². The van der Waals surface area contributed by atoms with Gasteiger partial charge in [-0.1, -0.05) is 45.4 Å². The Morgan fingerprint density at radius 3 is 2.75 bits per heavy atom. The lowest BCUT2D eigenvalue weighted by Gasteiger charge is -2.09. The molecule has 0 saturated carbocycles. The summed E-state index contributed by atoms with van der Waals surface area (Å²) in [5, 5.41) is 17.3. The molecule has 1 aromatic heterocycles. The monoisotopic (exact) mass is 387 g/mol. The zero-order valence-electron chi connectivity index (χ0n) is 12.8. The van der Waals surface area contributed by atoms with Crippen molar-refractivity contribution >= 4 is 21.9 Å². The van der Waals surface area contributed by atoms with E-state index in [1.807, 2.05) is 30.3 Å². The lowest BCUT2D eigenvalue weighted by molar-refractivity contribution is 0.0691. The molecule has 2 aromatic carbocycles. The van der Waals surface area contributed by atoms with E-state index in [4.69, 9.17) is 4.74 Å². The Morgan fingerprint density at radius 2 is 2.04 bits per heavy atom. The van der Waals surface area contributed by atoms with Crippen LogP contribution in [0.15, 0.2) is 53.0 Å². The van der Waals surface area contributed by atoms with Crippen molar-refractivity contribution < 1.29 is 14.6 Å². The number of carboxylic acids is 1. The highest BCUT2D eigenvalue weighted by atomic mass is 79.9. The van der Waals surface area contributed by atoms with Crippen LogP contribution >= 0.6 is 15.9 Å². The smallest absolute Gasteiger partial charge is 0.358 e. The summed E-state index contributed by atoms with van der Waals surface area (Å²) in [5.74, 6) is -0.479. The van der Waals surface area contributed by atoms with Crippen LogP contribution in [0.4, 0.5) is 0 Å². The SMILES string of the molecule is COc1cccc(-c2c(C(=O)O)nnn2Cc2cccc(Br)c2)c1. The van der Waals surface area contributed by atoms with Crippen LogP contribution in [0.5, 0.6) is 5.75 Å². The van der Waals surface area contributed by atoms with Crippen LogP contribution in [0, 0.1) is 0 Å². The summed E-state index contributed by atoms with van der Waals surface area (Å²) in [5.41, 5.74) is 2.03. The van der Waals surface area contributed by atoms with E-state index in [2.05, 4.69) is 26.2 Å². The average molecular weight is 388 g/mol. The second-order valence-electron chi connectivity index (χ2n) is 5.11. The summed E-state index contributed by atoms with van der Waals surface area (Å²) >= 11 is 3.43. The molecule has 0 spiro atoms. The van der Waals surface area contributed by atoms with E-state index >= 15 is 0 Å². The average Bonchev–Trinajstić information content (AvgIpc) is 2.99. The highest BCUT2D eigenvalue weighted by molar-refractivity contribution is 9.10. The Balaban J connectivity index is 2.08. The third-order valence-electron chi connectivity index (χ3n) is 3.50. The molecule has 6 nitrogen and oxygen atoms in total. The number of aromatic nitrogens is 3. The predicted octanol–water partition coefficient (Wildman–Crippen LogP) is 3.46. The van der Waals surface area contributed by atoms with Crippen LogP contribution in [0.3, 0.4) is 0 Å². The summed E-state index contributed by atoms with van der Waals surface area (Å²) in [6.07, 6.45) is 0. The van der Waals surface area contributed by atoms with E-state index in [0.717, 1.165) is 10.0 Å². The van der Waals surface area contributed by atoms with Gasteiger partial charge in [-0.2, -0.15) is 0 Å². The van der Waals surface area contributed by atoms with Crippen molar-refractivity contribution in [3.63, 3.8) is 0 Å². The van der Waals surface area contributed by atoms with Crippen molar-refractivity contribution in [1.29, 1.82) is 0 Å². The van der Waals surface area contributed by atoms with Gasteiger partial charge in [-0.3, -0.25) is 0 Å². The Hall–Kier alpha value is -2.67. The number of hydrogen-bond donors (Lipinski definition) is 1. The van der Waals surface area contributed by atoms with E-state index in [0.29, 0.717) is 23.6 Å². The van der Waals surface area contributed by atoms with Gasteiger partial charge in [0.05, 0.1) is 13.7 Å². The third kappa shape index (κ3) is 3.30. The first-order chi connectivity index (χ1) is 11.6. The molecule has 0 bridgehead atoms. The summed E-state index contributed by atoms with van der Waals surface area (Å²) < 4.78 is 7.75. The molecular formula is C17H14BrN3O3. The topological polar surface area (TPSA) is 77.2 Å². The van der Waals surface area contributed by atoms with Crippen molar-refractivity contribution in [2.45, 2.75) is 6.54 Å². The number of ether oxygens (including phenoxy) is 1. The Kier molecular flexibility index (Phi) is 4.61. The molecule has 0 saturated heterocycles. The number of benzene rings is 2. The maximum Gasteiger partial charge on any atom is 0.358 e. The minimum Gasteiger partial charge on any atom is -0.497 e. The molecule has 0 aliphatic rings. The Bertz CT molecular complexity index is 892. The van der Waals surface area contributed by atoms with Gasteiger partial charge in [0.15, 0.2) is 5.69 Å². The molecule has 0 unspecified atom stereocenters. The zero-order valence-corrected chi connectivity index (χ0v) is 14.4. The molecular weight excluding hydrogens is 374 g/mol. The number of aromatic carboxylic acids is 1. The van der Waals surface area contributed by atoms with Crippen molar-refractivity contribution in [2.24, 2.45) is 0 Å². The van der Waals surface area contributed by atoms with E-state index in [-0.39, 0.29) is 5.69 Å². The van der Waals surface area contributed by atoms with E-state index in [1.54, 1.807) is 30.0 Å². The van der Waals surface area contributed by atoms with E-state index in [1.165, 1.54) is 0 Å². The molecule has 122 valence electrons. The molecule has 3 aromatic rings. The van der Waals surface area contributed by atoms with Gasteiger partial charge in [0.25, 0.3) is 0 Å². The summed E-state index contributed by atoms with van der Waals surface area (Å²) in [6.45, 7) is 0.409. The first-order valence-electron chi connectivity index (χ1n) is 7.14. The number of methoxy groups -OCH3 is 1. The normalized spacial score (nSPS) is 10.6. The lowest BCUT2D eigenvalue weighted by atomic mass is 10.1. The highest BCUT2D eigenvalue weighted by Crippen LogP contribution is 2.27. The van der Waals surface area contributed by atoms with Gasteiger partial charge in [-0.05, 0) is 29.8 Å². The largest absolute Gasteiger partial charge is 0.497 e. The molecule has 0 radical (unpaired) electrons. The van der Waals surface area contributed by atoms with Gasteiger partial charge in [0.2, 0.25) is 0 Å². The quantitative estimate of drug-likeness (QED) is 0.725. The van der Waals surface area contributed by atoms with Crippen molar-refractivity contribution in [3.05, 3.63) is 64.3 Å². The highest BCUT2D eigenvalue weighted by Gasteiger charge is 2.21. The molecule has 0 amide bonds. The predicted molar refractivity (Wildman–Crippen MR) is 92.2 cm³/mol. The molecule has 7 heteroatoms. The first kappa shape index (κ1) is 16.2. The fraction of sp³-hybridized carbons (Fsp3) is 0.118. The van der Waals surface area contributed by atoms with Gasteiger partial charge in [-0.15, -0.1) is 5.10 Å². The number of halogens is 1. The molecule has 24 heavy (non-hydrogen) atoms. The summed E-state index contributed by atoms with van der Waals surface area (Å²) in [6, 6.07) is 14.9. The second kappa shape index (κ2) is 6.84. The minimum atomic E-state index is -1.12. The van der Waals surface area contributed by atoms with E-state index in [9.17, 15) is 9.90 Å². The van der Waals surface area contributed by atoms with E-state index < -0.39 is 5.97 Å². The number of hydrogen-bond acceptors (Lipinski definition) is 4. The molecule has 3 rings (SSSR count). The van der Waals surface area contributed by atoms with Crippen molar-refractivity contribution in [2.75, 3.05) is 7.11 Å². The van der Waals surface area contributed by atoms with Gasteiger partial charge in [0.1, 0.15) is 11.4 Å². The third-order valence-corrected chi connectivity index (χ3v) is 4.00. The number of carboxylic acid groups (broad SMARTS) is 1. The van der Waals surface area contributed by atoms with Gasteiger partial charge in [-0.25, -0.2) is 9.48 Å². The zero-order chi connectivity index (χ0) is 17.1. The summed E-state index contributed by atoms with van der Waals surface area (Å²) in [7, 11) is 1.56. The molecule has 0 atom stereocenters. The van der Waals surface area contributed by atoms with Gasteiger partial charge >= 0.3 is 5.97 Å². The maximum absolute atomic E-state index is 11.5. The number of carbonyl (C=O) groups is 1. The molecule has 1 N–H and O–H groups in total. The Labute approximate surface area is 146 Å². The standard InChI is InChI=1S/C17H14BrN3O3/c1-24-14-7-3-5-12(9-14)16-15(17(22)23)19-20-21(16)10-11-4-2-6-13(18)8-11/h2-9H,10H2,1H3,(H,22,23). The van der Waals surface area contributed by atoms with Crippen molar-refractivity contribution in [3.8, 4) is 17.0 Å². The van der Waals surface area contributed by atoms with Crippen LogP contribution < -0.4 is 4.74 Å². The number of rotatable bonds is 5. The van der Waals surface area contributed by atoms with Crippen LogP contribution in [-0.2, 0) is 6.54 Å². The summed E-state index contributed by atoms with van der Waals surface area (Å²) in [4.78, 5) is 11.5. The van der Waals surface area contributed by atoms with Crippen LogP contribution in [0.2, 0.25) is 0 Å². The second-order valence-corrected chi connectivity index (χ2v) is 6.03. The lowest BCUT2D eigenvalue weighted by Crippen LogP contribution is -2.06. The Morgan fingerprint density at radius 1 is 1.25 bits per heavy atom. The molecule has 0 aliphatic heterocycles. The van der Waals surface area contributed by atoms with Crippen LogP contribution in [0.1, 0.15) is 16.1 Å². The maximum atomic E-state index is 11.5. The fourth-order valence-corrected chi connectivity index (χ4v) is 2.88. The molecule has 0 aliphatic carbocycles. The van der Waals surface area contributed by atoms with Gasteiger partial charge < -0.3 is 9.84 Å². The number of nitrogens with zero attached hydrogens (tertiary/aromatic N) is 3. The fourth-order valence-electron chi connectivity index (χ4n) is 2.43. The molecule has 0 fully saturated rings. The van der Waals surface area contributed by atoms with Crippen LogP contribution in [0.25, 0.3) is 11.3 Å². The molecule has 1 heterocycles. The first-order valence-corrected chi connectivity index (χ1v) is 7.93. The minimum absolute atomic E-state index is 0.0850.